The molecule has 118 valence electrons. The lowest BCUT2D eigenvalue weighted by atomic mass is 10.2. The van der Waals surface area contributed by atoms with Crippen LogP contribution < -0.4 is 11.1 Å². The zero-order valence-corrected chi connectivity index (χ0v) is 12.8. The number of nitrogens with one attached hydrogen (secondary N) is 1. The summed E-state index contributed by atoms with van der Waals surface area (Å²) in [6.07, 6.45) is 0. The van der Waals surface area contributed by atoms with Gasteiger partial charge in [-0.25, -0.2) is 0 Å². The summed E-state index contributed by atoms with van der Waals surface area (Å²) in [5.41, 5.74) is 7.35. The van der Waals surface area contributed by atoms with Crippen molar-refractivity contribution >= 4 is 11.6 Å². The first-order chi connectivity index (χ1) is 10.2. The van der Waals surface area contributed by atoms with E-state index in [1.807, 2.05) is 29.2 Å². The van der Waals surface area contributed by atoms with Crippen LogP contribution >= 0.6 is 0 Å². The Labute approximate surface area is 126 Å². The number of hydrogen-bond acceptors (Lipinski definition) is 5. The molecular formula is C15H25N3O3. The molecule has 0 saturated heterocycles. The van der Waals surface area contributed by atoms with Crippen LogP contribution in [0.15, 0.2) is 24.3 Å². The minimum Gasteiger partial charge on any atom is -0.383 e. The van der Waals surface area contributed by atoms with Crippen molar-refractivity contribution in [2.75, 3.05) is 52.4 Å². The molecule has 21 heavy (non-hydrogen) atoms. The van der Waals surface area contributed by atoms with Crippen molar-refractivity contribution in [1.29, 1.82) is 0 Å². The number of anilines is 1. The Morgan fingerprint density at radius 2 is 1.90 bits per heavy atom. The van der Waals surface area contributed by atoms with Gasteiger partial charge in [0, 0.05) is 39.5 Å². The summed E-state index contributed by atoms with van der Waals surface area (Å²) in [6.45, 7) is 3.31. The first-order valence-electron chi connectivity index (χ1n) is 6.98. The number of benzene rings is 1. The highest BCUT2D eigenvalue weighted by atomic mass is 16.5. The second-order valence-electron chi connectivity index (χ2n) is 4.71. The third-order valence-electron chi connectivity index (χ3n) is 3.04. The van der Waals surface area contributed by atoms with Gasteiger partial charge in [-0.15, -0.1) is 0 Å². The molecular weight excluding hydrogens is 270 g/mol. The minimum absolute atomic E-state index is 0.0589. The lowest BCUT2D eigenvalue weighted by molar-refractivity contribution is -0.117. The molecule has 6 heteroatoms. The van der Waals surface area contributed by atoms with Crippen molar-refractivity contribution in [3.05, 3.63) is 29.8 Å². The SMILES string of the molecule is COCCN(CCOC)CC(=O)Nc1cccc(CN)c1. The van der Waals surface area contributed by atoms with E-state index in [0.29, 0.717) is 39.4 Å². The monoisotopic (exact) mass is 295 g/mol. The molecule has 0 fully saturated rings. The number of rotatable bonds is 10. The molecule has 0 unspecified atom stereocenters. The Kier molecular flexibility index (Phi) is 8.61. The van der Waals surface area contributed by atoms with E-state index in [4.69, 9.17) is 15.2 Å². The smallest absolute Gasteiger partial charge is 0.238 e. The molecule has 1 aromatic carbocycles. The van der Waals surface area contributed by atoms with Gasteiger partial charge in [-0.05, 0) is 17.7 Å². The number of methoxy groups -OCH3 is 2. The van der Waals surface area contributed by atoms with E-state index in [1.54, 1.807) is 14.2 Å². The summed E-state index contributed by atoms with van der Waals surface area (Å²) in [5, 5.41) is 2.88. The van der Waals surface area contributed by atoms with E-state index in [-0.39, 0.29) is 5.91 Å². The van der Waals surface area contributed by atoms with E-state index in [9.17, 15) is 4.79 Å². The third-order valence-corrected chi connectivity index (χ3v) is 3.04. The number of ether oxygens (including phenoxy) is 2. The molecule has 1 rings (SSSR count). The predicted octanol–water partition coefficient (Wildman–Crippen LogP) is 0.679. The van der Waals surface area contributed by atoms with Crippen molar-refractivity contribution in [3.63, 3.8) is 0 Å². The molecule has 0 spiro atoms. The van der Waals surface area contributed by atoms with Crippen LogP contribution in [0, 0.1) is 0 Å². The van der Waals surface area contributed by atoms with Crippen LogP contribution in [0.25, 0.3) is 0 Å². The zero-order chi connectivity index (χ0) is 15.5. The number of nitrogens with two attached hydrogens (primary N) is 1. The predicted molar refractivity (Wildman–Crippen MR) is 83.2 cm³/mol. The Morgan fingerprint density at radius 3 is 2.48 bits per heavy atom. The fourth-order valence-electron chi connectivity index (χ4n) is 1.89. The molecule has 6 nitrogen and oxygen atoms in total. The van der Waals surface area contributed by atoms with Gasteiger partial charge in [-0.2, -0.15) is 0 Å². The van der Waals surface area contributed by atoms with Crippen LogP contribution in [0.5, 0.6) is 0 Å². The molecule has 0 aliphatic heterocycles. The van der Waals surface area contributed by atoms with Gasteiger partial charge in [-0.3, -0.25) is 9.69 Å². The van der Waals surface area contributed by atoms with Crippen LogP contribution in [-0.2, 0) is 20.8 Å². The van der Waals surface area contributed by atoms with Gasteiger partial charge in [0.25, 0.3) is 0 Å². The van der Waals surface area contributed by atoms with E-state index < -0.39 is 0 Å². The topological polar surface area (TPSA) is 76.8 Å². The van der Waals surface area contributed by atoms with Crippen LogP contribution in [0.4, 0.5) is 5.69 Å². The highest BCUT2D eigenvalue weighted by Gasteiger charge is 2.10. The summed E-state index contributed by atoms with van der Waals surface area (Å²) in [7, 11) is 3.29. The third kappa shape index (κ3) is 7.19. The minimum atomic E-state index is -0.0589. The second kappa shape index (κ2) is 10.3. The second-order valence-corrected chi connectivity index (χ2v) is 4.71. The molecule has 1 amide bonds. The molecule has 0 aliphatic carbocycles. The summed E-state index contributed by atoms with van der Waals surface area (Å²) < 4.78 is 10.1. The molecule has 3 N–H and O–H groups in total. The van der Waals surface area contributed by atoms with E-state index >= 15 is 0 Å². The van der Waals surface area contributed by atoms with Gasteiger partial charge in [0.15, 0.2) is 0 Å². The maximum atomic E-state index is 12.1. The van der Waals surface area contributed by atoms with Crippen molar-refractivity contribution in [2.24, 2.45) is 5.73 Å². The Hall–Kier alpha value is -1.47. The first kappa shape index (κ1) is 17.6. The summed E-state index contributed by atoms with van der Waals surface area (Å²) >= 11 is 0. The number of carbonyl (C=O) groups is 1. The van der Waals surface area contributed by atoms with E-state index in [0.717, 1.165) is 11.3 Å². The average Bonchev–Trinajstić information content (AvgIpc) is 2.50. The largest absolute Gasteiger partial charge is 0.383 e. The standard InChI is InChI=1S/C15H25N3O3/c1-20-8-6-18(7-9-21-2)12-15(19)17-14-5-3-4-13(10-14)11-16/h3-5,10H,6-9,11-12,16H2,1-2H3,(H,17,19). The van der Waals surface area contributed by atoms with Gasteiger partial charge in [-0.1, -0.05) is 12.1 Å². The molecule has 0 aliphatic rings. The lowest BCUT2D eigenvalue weighted by Gasteiger charge is -2.21. The van der Waals surface area contributed by atoms with Crippen molar-refractivity contribution in [3.8, 4) is 0 Å². The Bertz CT molecular complexity index is 418. The van der Waals surface area contributed by atoms with Gasteiger partial charge < -0.3 is 20.5 Å². The number of amides is 1. The van der Waals surface area contributed by atoms with Crippen molar-refractivity contribution < 1.29 is 14.3 Å². The fraction of sp³-hybridized carbons (Fsp3) is 0.533. The lowest BCUT2D eigenvalue weighted by Crippen LogP contribution is -2.37. The van der Waals surface area contributed by atoms with E-state index in [1.165, 1.54) is 0 Å². The number of carbonyl (C=O) groups excluding carboxylic acids is 1. The molecule has 0 bridgehead atoms. The van der Waals surface area contributed by atoms with Crippen LogP contribution in [0.1, 0.15) is 5.56 Å². The molecule has 0 aromatic heterocycles. The maximum absolute atomic E-state index is 12.1. The van der Waals surface area contributed by atoms with Crippen molar-refractivity contribution in [1.82, 2.24) is 4.90 Å². The van der Waals surface area contributed by atoms with Crippen LogP contribution in [0.3, 0.4) is 0 Å². The quantitative estimate of drug-likeness (QED) is 0.664. The normalized spacial score (nSPS) is 10.9. The number of hydrogen-bond donors (Lipinski definition) is 2. The van der Waals surface area contributed by atoms with Gasteiger partial charge >= 0.3 is 0 Å². The first-order valence-corrected chi connectivity index (χ1v) is 6.98. The molecule has 0 saturated carbocycles. The molecule has 1 aromatic rings. The number of nitrogens with zero attached hydrogens (tertiary/aromatic N) is 1. The molecule has 0 radical (unpaired) electrons. The molecule has 0 heterocycles. The summed E-state index contributed by atoms with van der Waals surface area (Å²) in [4.78, 5) is 14.1. The highest BCUT2D eigenvalue weighted by Crippen LogP contribution is 2.10. The fourth-order valence-corrected chi connectivity index (χ4v) is 1.89. The van der Waals surface area contributed by atoms with Gasteiger partial charge in [0.2, 0.25) is 5.91 Å². The van der Waals surface area contributed by atoms with Gasteiger partial charge in [0.05, 0.1) is 19.8 Å². The van der Waals surface area contributed by atoms with E-state index in [2.05, 4.69) is 5.32 Å². The zero-order valence-electron chi connectivity index (χ0n) is 12.8. The van der Waals surface area contributed by atoms with Crippen molar-refractivity contribution in [2.45, 2.75) is 6.54 Å². The van der Waals surface area contributed by atoms with Gasteiger partial charge in [0.1, 0.15) is 0 Å². The summed E-state index contributed by atoms with van der Waals surface area (Å²) in [6, 6.07) is 7.54. The Morgan fingerprint density at radius 1 is 1.24 bits per heavy atom. The van der Waals surface area contributed by atoms with Crippen LogP contribution in [0.2, 0.25) is 0 Å². The highest BCUT2D eigenvalue weighted by molar-refractivity contribution is 5.92. The summed E-state index contributed by atoms with van der Waals surface area (Å²) in [5.74, 6) is -0.0589. The Balaban J connectivity index is 2.51. The molecule has 0 atom stereocenters. The maximum Gasteiger partial charge on any atom is 0.238 e. The average molecular weight is 295 g/mol. The van der Waals surface area contributed by atoms with Crippen LogP contribution in [-0.4, -0.2) is 57.9 Å².